The molecule has 0 aliphatic carbocycles. The molecule has 208 valence electrons. The monoisotopic (exact) mass is 578 g/mol. The van der Waals surface area contributed by atoms with E-state index in [4.69, 9.17) is 23.9 Å². The van der Waals surface area contributed by atoms with E-state index >= 15 is 0 Å². The highest BCUT2D eigenvalue weighted by molar-refractivity contribution is 7.20. The van der Waals surface area contributed by atoms with Gasteiger partial charge in [-0.2, -0.15) is 4.99 Å². The first-order chi connectivity index (χ1) is 20.5. The summed E-state index contributed by atoms with van der Waals surface area (Å²) in [7, 11) is 0. The number of amides is 1. The number of allylic oxidation sites excluding steroid dienone is 1. The molecule has 0 spiro atoms. The molecule has 2 aromatic heterocycles. The normalized spacial score (nSPS) is 14.1. The van der Waals surface area contributed by atoms with Gasteiger partial charge in [0, 0.05) is 23.9 Å². The molecule has 42 heavy (non-hydrogen) atoms. The van der Waals surface area contributed by atoms with E-state index in [1.807, 2.05) is 42.5 Å². The molecule has 0 atom stereocenters. The number of carbonyl (C=O) groups is 2. The van der Waals surface area contributed by atoms with Crippen LogP contribution in [-0.2, 0) is 4.79 Å². The third-order valence-electron chi connectivity index (χ3n) is 6.62. The van der Waals surface area contributed by atoms with Crippen molar-refractivity contribution in [2.75, 3.05) is 13.6 Å². The fourth-order valence-corrected chi connectivity index (χ4v) is 5.61. The van der Waals surface area contributed by atoms with Crippen molar-refractivity contribution in [3.8, 4) is 28.1 Å². The van der Waals surface area contributed by atoms with Gasteiger partial charge < -0.3 is 18.9 Å². The zero-order valence-electron chi connectivity index (χ0n) is 22.2. The van der Waals surface area contributed by atoms with Crippen molar-refractivity contribution in [3.63, 3.8) is 0 Å². The molecule has 0 N–H and O–H groups in total. The number of nitrogens with zero attached hydrogens (tertiary/aromatic N) is 4. The first-order valence-corrected chi connectivity index (χ1v) is 13.8. The second-order valence-electron chi connectivity index (χ2n) is 9.41. The highest BCUT2D eigenvalue weighted by atomic mass is 32.1. The summed E-state index contributed by atoms with van der Waals surface area (Å²) >= 11 is 1.40. The second-order valence-corrected chi connectivity index (χ2v) is 10.4. The average Bonchev–Trinajstić information content (AvgIpc) is 3.79. The van der Waals surface area contributed by atoms with E-state index in [0.717, 1.165) is 21.3 Å². The number of rotatable bonds is 5. The summed E-state index contributed by atoms with van der Waals surface area (Å²) in [5.41, 5.74) is 3.17. The number of para-hydroxylation sites is 1. The third-order valence-corrected chi connectivity index (χ3v) is 7.63. The Hall–Kier alpha value is -5.42. The number of aromatic nitrogens is 3. The molecular weight excluding hydrogens is 556 g/mol. The lowest BCUT2D eigenvalue weighted by Crippen LogP contribution is -2.27. The quantitative estimate of drug-likeness (QED) is 0.266. The Bertz CT molecular complexity index is 1980. The Balaban J connectivity index is 1.26. The number of aryl methyl sites for hydroxylation is 1. The lowest BCUT2D eigenvalue weighted by Gasteiger charge is -2.08. The summed E-state index contributed by atoms with van der Waals surface area (Å²) in [5.74, 6) is 1.73. The summed E-state index contributed by atoms with van der Waals surface area (Å²) in [4.78, 5) is 35.7. The first kappa shape index (κ1) is 25.5. The summed E-state index contributed by atoms with van der Waals surface area (Å²) in [6, 6.07) is 20.2. The van der Waals surface area contributed by atoms with Crippen molar-refractivity contribution in [1.29, 1.82) is 0 Å². The Morgan fingerprint density at radius 1 is 0.833 bits per heavy atom. The van der Waals surface area contributed by atoms with E-state index in [2.05, 4.69) is 4.99 Å². The van der Waals surface area contributed by atoms with Gasteiger partial charge in [-0.25, -0.2) is 14.3 Å². The molecule has 0 radical (unpaired) electrons. The minimum atomic E-state index is -0.497. The molecule has 4 heterocycles. The van der Waals surface area contributed by atoms with Gasteiger partial charge in [-0.15, -0.1) is 0 Å². The zero-order chi connectivity index (χ0) is 28.6. The minimum Gasteiger partial charge on any atom is -0.454 e. The summed E-state index contributed by atoms with van der Waals surface area (Å²) in [5, 5.41) is 0.500. The molecule has 7 rings (SSSR count). The number of fused-ring (bicyclic) bond motifs is 3. The molecule has 5 aromatic rings. The van der Waals surface area contributed by atoms with Crippen molar-refractivity contribution >= 4 is 45.5 Å². The highest BCUT2D eigenvalue weighted by Crippen LogP contribution is 2.34. The van der Waals surface area contributed by atoms with E-state index in [1.54, 1.807) is 48.0 Å². The largest absolute Gasteiger partial charge is 0.454 e. The molecule has 2 aliphatic rings. The van der Waals surface area contributed by atoms with Crippen LogP contribution in [0.25, 0.3) is 27.5 Å². The van der Waals surface area contributed by atoms with Crippen LogP contribution >= 0.6 is 11.3 Å². The van der Waals surface area contributed by atoms with E-state index in [-0.39, 0.29) is 25.0 Å². The van der Waals surface area contributed by atoms with Crippen LogP contribution in [0, 0.1) is 6.92 Å². The van der Waals surface area contributed by atoms with Crippen LogP contribution in [0.4, 0.5) is 0 Å². The summed E-state index contributed by atoms with van der Waals surface area (Å²) in [6.07, 6.45) is 6.18. The van der Waals surface area contributed by atoms with Crippen LogP contribution in [-0.4, -0.2) is 39.7 Å². The number of hydrogen-bond donors (Lipinski definition) is 0. The van der Waals surface area contributed by atoms with E-state index < -0.39 is 5.91 Å². The SMILES string of the molecule is Cc1cc(=NC(=O)C=Cc2ccc3c(c2)OCO3)n(-c2nc3ccccc3s2)n1C(=O)C=Cc1ccc2c(c1)OCO2. The molecule has 0 bridgehead atoms. The van der Waals surface area contributed by atoms with Gasteiger partial charge in [-0.05, 0) is 66.6 Å². The molecule has 10 nitrogen and oxygen atoms in total. The number of ether oxygens (including phenoxy) is 4. The highest BCUT2D eigenvalue weighted by Gasteiger charge is 2.18. The fraction of sp³-hybridized carbons (Fsp3) is 0.0968. The summed E-state index contributed by atoms with van der Waals surface area (Å²) in [6.45, 7) is 2.12. The third kappa shape index (κ3) is 4.86. The molecule has 3 aromatic carbocycles. The number of hydrogen-bond acceptors (Lipinski definition) is 8. The lowest BCUT2D eigenvalue weighted by molar-refractivity contribution is -0.113. The number of thiazole rings is 1. The Labute approximate surface area is 243 Å². The second kappa shape index (κ2) is 10.5. The van der Waals surface area contributed by atoms with Gasteiger partial charge in [0.15, 0.2) is 28.5 Å². The van der Waals surface area contributed by atoms with E-state index in [1.165, 1.54) is 28.2 Å². The van der Waals surface area contributed by atoms with Crippen LogP contribution in [0.1, 0.15) is 21.6 Å². The average molecular weight is 579 g/mol. The zero-order valence-corrected chi connectivity index (χ0v) is 23.0. The molecule has 11 heteroatoms. The first-order valence-electron chi connectivity index (χ1n) is 13.0. The van der Waals surface area contributed by atoms with Crippen LogP contribution in [0.3, 0.4) is 0 Å². The van der Waals surface area contributed by atoms with Gasteiger partial charge in [-0.1, -0.05) is 35.6 Å². The Morgan fingerprint density at radius 3 is 2.17 bits per heavy atom. The van der Waals surface area contributed by atoms with Crippen LogP contribution < -0.4 is 24.4 Å². The van der Waals surface area contributed by atoms with Crippen molar-refractivity contribution in [3.05, 3.63) is 101 Å². The van der Waals surface area contributed by atoms with Crippen molar-refractivity contribution < 1.29 is 28.5 Å². The predicted octanol–water partition coefficient (Wildman–Crippen LogP) is 5.15. The van der Waals surface area contributed by atoms with Crippen molar-refractivity contribution in [2.24, 2.45) is 4.99 Å². The van der Waals surface area contributed by atoms with E-state index in [0.29, 0.717) is 33.8 Å². The Kier molecular flexibility index (Phi) is 6.40. The van der Waals surface area contributed by atoms with Gasteiger partial charge in [-0.3, -0.25) is 9.59 Å². The number of carbonyl (C=O) groups excluding carboxylic acids is 2. The molecular formula is C31H22N4O6S. The maximum atomic E-state index is 13.6. The molecule has 0 saturated carbocycles. The molecule has 0 fully saturated rings. The van der Waals surface area contributed by atoms with Gasteiger partial charge in [0.1, 0.15) is 0 Å². The van der Waals surface area contributed by atoms with Gasteiger partial charge >= 0.3 is 0 Å². The molecule has 0 saturated heterocycles. The smallest absolute Gasteiger partial charge is 0.271 e. The fourth-order valence-electron chi connectivity index (χ4n) is 4.64. The van der Waals surface area contributed by atoms with Gasteiger partial charge in [0.05, 0.1) is 10.2 Å². The summed E-state index contributed by atoms with van der Waals surface area (Å²) < 4.78 is 25.5. The minimum absolute atomic E-state index is 0.170. The number of benzene rings is 3. The van der Waals surface area contributed by atoms with Crippen LogP contribution in [0.5, 0.6) is 23.0 Å². The predicted molar refractivity (Wildman–Crippen MR) is 156 cm³/mol. The van der Waals surface area contributed by atoms with Gasteiger partial charge in [0.25, 0.3) is 11.8 Å². The van der Waals surface area contributed by atoms with Crippen molar-refractivity contribution in [1.82, 2.24) is 14.3 Å². The van der Waals surface area contributed by atoms with Crippen LogP contribution in [0.2, 0.25) is 0 Å². The van der Waals surface area contributed by atoms with E-state index in [9.17, 15) is 9.59 Å². The molecule has 0 unspecified atom stereocenters. The van der Waals surface area contributed by atoms with Crippen molar-refractivity contribution in [2.45, 2.75) is 6.92 Å². The maximum Gasteiger partial charge on any atom is 0.271 e. The van der Waals surface area contributed by atoms with Gasteiger partial charge in [0.2, 0.25) is 18.7 Å². The maximum absolute atomic E-state index is 13.6. The topological polar surface area (TPSA) is 106 Å². The standard InChI is InChI=1S/C31H22N4O6S/c1-19-14-28(33-29(36)12-8-20-6-10-23-25(15-20)40-17-38-23)35(31-32-22-4-2-3-5-27(22)42-31)34(19)30(37)13-9-21-7-11-24-26(16-21)41-18-39-24/h2-16H,17-18H2,1H3. The molecule has 1 amide bonds. The Morgan fingerprint density at radius 2 is 1.48 bits per heavy atom. The molecule has 2 aliphatic heterocycles. The lowest BCUT2D eigenvalue weighted by atomic mass is 10.2. The van der Waals surface area contributed by atoms with Crippen LogP contribution in [0.15, 0.2) is 83.9 Å².